The van der Waals surface area contributed by atoms with E-state index in [4.69, 9.17) is 21.1 Å². The standard InChI is InChI=1S/C18H15ClN2O5S2/c19-11-3-5-12(6-4-11)28(23,24)7-1-2-17(22)21-18-20-13-8-14-15(26-10-25-14)9-16(13)27-18/h3-6,8-9H,1-2,7,10H2,(H,20,21,22). The van der Waals surface area contributed by atoms with Crippen LogP contribution in [-0.2, 0) is 14.6 Å². The van der Waals surface area contributed by atoms with E-state index in [-0.39, 0.29) is 36.2 Å². The van der Waals surface area contributed by atoms with E-state index in [1.165, 1.54) is 35.6 Å². The first kappa shape index (κ1) is 19.0. The van der Waals surface area contributed by atoms with Crippen LogP contribution in [0.2, 0.25) is 5.02 Å². The fraction of sp³-hybridized carbons (Fsp3) is 0.222. The lowest BCUT2D eigenvalue weighted by Crippen LogP contribution is -2.14. The summed E-state index contributed by atoms with van der Waals surface area (Å²) in [5.74, 6) is 0.874. The number of hydrogen-bond donors (Lipinski definition) is 1. The van der Waals surface area contributed by atoms with E-state index in [2.05, 4.69) is 10.3 Å². The number of anilines is 1. The molecule has 0 fully saturated rings. The molecule has 28 heavy (non-hydrogen) atoms. The minimum atomic E-state index is -3.45. The lowest BCUT2D eigenvalue weighted by molar-refractivity contribution is -0.116. The maximum atomic E-state index is 12.3. The van der Waals surface area contributed by atoms with Crippen LogP contribution >= 0.6 is 22.9 Å². The van der Waals surface area contributed by atoms with E-state index in [0.717, 1.165) is 4.70 Å². The van der Waals surface area contributed by atoms with Crippen LogP contribution in [-0.4, -0.2) is 31.9 Å². The van der Waals surface area contributed by atoms with Crippen molar-refractivity contribution >= 4 is 54.0 Å². The lowest BCUT2D eigenvalue weighted by Gasteiger charge is -2.05. The molecule has 0 atom stereocenters. The molecule has 2 aromatic carbocycles. The molecular formula is C18H15ClN2O5S2. The van der Waals surface area contributed by atoms with E-state index >= 15 is 0 Å². The molecule has 7 nitrogen and oxygen atoms in total. The van der Waals surface area contributed by atoms with E-state index in [9.17, 15) is 13.2 Å². The Morgan fingerprint density at radius 3 is 2.64 bits per heavy atom. The van der Waals surface area contributed by atoms with Gasteiger partial charge in [-0.1, -0.05) is 22.9 Å². The largest absolute Gasteiger partial charge is 0.454 e. The summed E-state index contributed by atoms with van der Waals surface area (Å²) in [6, 6.07) is 9.57. The van der Waals surface area contributed by atoms with Crippen molar-refractivity contribution in [2.75, 3.05) is 17.9 Å². The maximum absolute atomic E-state index is 12.3. The molecule has 0 aliphatic carbocycles. The zero-order chi connectivity index (χ0) is 19.7. The van der Waals surface area contributed by atoms with Gasteiger partial charge < -0.3 is 14.8 Å². The van der Waals surface area contributed by atoms with Crippen LogP contribution in [0.1, 0.15) is 12.8 Å². The normalized spacial score (nSPS) is 13.0. The summed E-state index contributed by atoms with van der Waals surface area (Å²) in [4.78, 5) is 16.7. The van der Waals surface area contributed by atoms with Crippen LogP contribution in [0.4, 0.5) is 5.13 Å². The Labute approximate surface area is 170 Å². The average Bonchev–Trinajstić information content (AvgIpc) is 3.24. The Balaban J connectivity index is 1.34. The molecule has 0 saturated carbocycles. The van der Waals surface area contributed by atoms with Gasteiger partial charge in [0, 0.05) is 23.6 Å². The van der Waals surface area contributed by atoms with Crippen molar-refractivity contribution < 1.29 is 22.7 Å². The molecule has 0 saturated heterocycles. The van der Waals surface area contributed by atoms with Gasteiger partial charge in [0.2, 0.25) is 12.7 Å². The Hall–Kier alpha value is -2.36. The number of thiazole rings is 1. The molecule has 3 aromatic rings. The molecule has 1 N–H and O–H groups in total. The molecule has 1 aliphatic rings. The summed E-state index contributed by atoms with van der Waals surface area (Å²) >= 11 is 7.10. The predicted molar refractivity (Wildman–Crippen MR) is 107 cm³/mol. The van der Waals surface area contributed by atoms with Crippen LogP contribution in [0.25, 0.3) is 10.2 Å². The van der Waals surface area contributed by atoms with Gasteiger partial charge in [-0.3, -0.25) is 4.79 Å². The highest BCUT2D eigenvalue weighted by atomic mass is 35.5. The number of amides is 1. The maximum Gasteiger partial charge on any atom is 0.231 e. The fourth-order valence-electron chi connectivity index (χ4n) is 2.74. The number of ether oxygens (including phenoxy) is 2. The molecular weight excluding hydrogens is 424 g/mol. The van der Waals surface area contributed by atoms with Gasteiger partial charge in [0.15, 0.2) is 26.5 Å². The first-order valence-electron chi connectivity index (χ1n) is 8.39. The molecule has 4 rings (SSSR count). The Morgan fingerprint density at radius 1 is 1.18 bits per heavy atom. The molecule has 0 bridgehead atoms. The molecule has 10 heteroatoms. The summed E-state index contributed by atoms with van der Waals surface area (Å²) in [7, 11) is -3.45. The zero-order valence-corrected chi connectivity index (χ0v) is 16.9. The van der Waals surface area contributed by atoms with Gasteiger partial charge in [0.25, 0.3) is 0 Å². The smallest absolute Gasteiger partial charge is 0.231 e. The summed E-state index contributed by atoms with van der Waals surface area (Å²) in [5.41, 5.74) is 0.704. The number of aromatic nitrogens is 1. The SMILES string of the molecule is O=C(CCCS(=O)(=O)c1ccc(Cl)cc1)Nc1nc2cc3c(cc2s1)OCO3. The van der Waals surface area contributed by atoms with Crippen LogP contribution in [0, 0.1) is 0 Å². The summed E-state index contributed by atoms with van der Waals surface area (Å²) in [6.07, 6.45) is 0.281. The Kier molecular flexibility index (Phi) is 5.13. The number of fused-ring (bicyclic) bond motifs is 2. The fourth-order valence-corrected chi connectivity index (χ4v) is 5.06. The van der Waals surface area contributed by atoms with E-state index < -0.39 is 9.84 Å². The topological polar surface area (TPSA) is 94.6 Å². The second-order valence-corrected chi connectivity index (χ2v) is 9.69. The lowest BCUT2D eigenvalue weighted by atomic mass is 10.3. The summed E-state index contributed by atoms with van der Waals surface area (Å²) in [5, 5.41) is 3.63. The molecule has 1 amide bonds. The number of benzene rings is 2. The van der Waals surface area contributed by atoms with Gasteiger partial charge in [-0.05, 0) is 30.7 Å². The molecule has 0 radical (unpaired) electrons. The molecule has 0 unspecified atom stereocenters. The highest BCUT2D eigenvalue weighted by Crippen LogP contribution is 2.38. The number of sulfone groups is 1. The predicted octanol–water partition coefficient (Wildman–Crippen LogP) is 3.87. The number of carbonyl (C=O) groups is 1. The quantitative estimate of drug-likeness (QED) is 0.627. The van der Waals surface area contributed by atoms with Crippen molar-refractivity contribution in [1.82, 2.24) is 4.98 Å². The Bertz CT molecular complexity index is 1100. The number of hydrogen-bond acceptors (Lipinski definition) is 7. The summed E-state index contributed by atoms with van der Waals surface area (Å²) < 4.78 is 36.1. The Morgan fingerprint density at radius 2 is 1.89 bits per heavy atom. The minimum absolute atomic E-state index is 0.0749. The molecule has 146 valence electrons. The first-order chi connectivity index (χ1) is 13.4. The van der Waals surface area contributed by atoms with Crippen molar-refractivity contribution in [3.8, 4) is 11.5 Å². The van der Waals surface area contributed by atoms with Crippen molar-refractivity contribution in [2.24, 2.45) is 0 Å². The van der Waals surface area contributed by atoms with Crippen LogP contribution in [0.15, 0.2) is 41.3 Å². The zero-order valence-electron chi connectivity index (χ0n) is 14.5. The van der Waals surface area contributed by atoms with E-state index in [1.807, 2.05) is 6.07 Å². The third kappa shape index (κ3) is 4.06. The average molecular weight is 439 g/mol. The number of halogens is 1. The molecule has 0 spiro atoms. The number of carbonyl (C=O) groups excluding carboxylic acids is 1. The van der Waals surface area contributed by atoms with Crippen molar-refractivity contribution in [2.45, 2.75) is 17.7 Å². The number of nitrogens with one attached hydrogen (secondary N) is 1. The van der Waals surface area contributed by atoms with Crippen molar-refractivity contribution in [3.05, 3.63) is 41.4 Å². The first-order valence-corrected chi connectivity index (χ1v) is 11.2. The van der Waals surface area contributed by atoms with E-state index in [0.29, 0.717) is 27.2 Å². The molecule has 2 heterocycles. The number of rotatable bonds is 6. The highest BCUT2D eigenvalue weighted by Gasteiger charge is 2.18. The van der Waals surface area contributed by atoms with Crippen molar-refractivity contribution in [1.29, 1.82) is 0 Å². The van der Waals surface area contributed by atoms with Gasteiger partial charge in [0.1, 0.15) is 0 Å². The minimum Gasteiger partial charge on any atom is -0.454 e. The van der Waals surface area contributed by atoms with Gasteiger partial charge in [0.05, 0.1) is 20.9 Å². The van der Waals surface area contributed by atoms with Gasteiger partial charge in [-0.15, -0.1) is 0 Å². The molecule has 1 aliphatic heterocycles. The van der Waals surface area contributed by atoms with Crippen LogP contribution < -0.4 is 14.8 Å². The molecule has 1 aromatic heterocycles. The highest BCUT2D eigenvalue weighted by molar-refractivity contribution is 7.91. The third-order valence-corrected chi connectivity index (χ3v) is 7.12. The number of nitrogens with zero attached hydrogens (tertiary/aromatic N) is 1. The van der Waals surface area contributed by atoms with E-state index in [1.54, 1.807) is 6.07 Å². The second-order valence-electron chi connectivity index (χ2n) is 6.12. The van der Waals surface area contributed by atoms with Gasteiger partial charge in [-0.2, -0.15) is 0 Å². The van der Waals surface area contributed by atoms with Gasteiger partial charge >= 0.3 is 0 Å². The van der Waals surface area contributed by atoms with Crippen LogP contribution in [0.3, 0.4) is 0 Å². The summed E-state index contributed by atoms with van der Waals surface area (Å²) in [6.45, 7) is 0.190. The van der Waals surface area contributed by atoms with Gasteiger partial charge in [-0.25, -0.2) is 13.4 Å². The second kappa shape index (κ2) is 7.57. The monoisotopic (exact) mass is 438 g/mol. The third-order valence-electron chi connectivity index (χ3n) is 4.12. The van der Waals surface area contributed by atoms with Crippen molar-refractivity contribution in [3.63, 3.8) is 0 Å². The van der Waals surface area contributed by atoms with Crippen LogP contribution in [0.5, 0.6) is 11.5 Å².